The number of halogens is 1. The quantitative estimate of drug-likeness (QED) is 0.794. The highest BCUT2D eigenvalue weighted by Crippen LogP contribution is 2.21. The first-order chi connectivity index (χ1) is 10.8. The maximum Gasteiger partial charge on any atom is 0.317 e. The van der Waals surface area contributed by atoms with E-state index in [0.29, 0.717) is 0 Å². The predicted molar refractivity (Wildman–Crippen MR) is 78.9 cm³/mol. The Labute approximate surface area is 132 Å². The van der Waals surface area contributed by atoms with Crippen molar-refractivity contribution in [2.75, 3.05) is 33.8 Å². The van der Waals surface area contributed by atoms with Crippen LogP contribution in [0.3, 0.4) is 0 Å². The molecule has 0 saturated carbocycles. The highest BCUT2D eigenvalue weighted by molar-refractivity contribution is 5.94. The van der Waals surface area contributed by atoms with Gasteiger partial charge in [-0.1, -0.05) is 0 Å². The second-order valence-corrected chi connectivity index (χ2v) is 5.50. The van der Waals surface area contributed by atoms with E-state index in [1.807, 2.05) is 0 Å². The maximum atomic E-state index is 13.7. The molecule has 1 aromatic rings. The number of nitrogens with zero attached hydrogens (tertiary/aromatic N) is 2. The molecule has 23 heavy (non-hydrogen) atoms. The van der Waals surface area contributed by atoms with Gasteiger partial charge in [0.2, 0.25) is 0 Å². The Balaban J connectivity index is 2.09. The van der Waals surface area contributed by atoms with E-state index in [2.05, 4.69) is 0 Å². The van der Waals surface area contributed by atoms with Crippen LogP contribution in [0.15, 0.2) is 18.2 Å². The molecule has 0 spiro atoms. The fourth-order valence-corrected chi connectivity index (χ4v) is 2.68. The minimum absolute atomic E-state index is 0.0436. The molecule has 0 bridgehead atoms. The number of carbonyl (C=O) groups excluding carboxylic acids is 1. The fraction of sp³-hybridized carbons (Fsp3) is 0.467. The van der Waals surface area contributed by atoms with Crippen molar-refractivity contribution in [2.24, 2.45) is 0 Å². The number of hydrogen-bond donors (Lipinski definition) is 2. The lowest BCUT2D eigenvalue weighted by Gasteiger charge is -2.24. The summed E-state index contributed by atoms with van der Waals surface area (Å²) in [5.74, 6) is -2.03. The maximum absolute atomic E-state index is 13.7. The average molecular weight is 326 g/mol. The van der Waals surface area contributed by atoms with Gasteiger partial charge >= 0.3 is 5.97 Å². The molecule has 1 amide bonds. The van der Waals surface area contributed by atoms with Crippen LogP contribution in [-0.2, 0) is 4.79 Å². The SMILES string of the molecule is COc1ccc(C(=O)N2CC(N(C)CC(=O)O)[C@H](O)C2)cc1F. The molecule has 2 rings (SSSR count). The summed E-state index contributed by atoms with van der Waals surface area (Å²) in [7, 11) is 2.91. The molecule has 1 heterocycles. The molecular weight excluding hydrogens is 307 g/mol. The molecule has 1 unspecified atom stereocenters. The van der Waals surface area contributed by atoms with Crippen molar-refractivity contribution in [3.63, 3.8) is 0 Å². The third-order valence-electron chi connectivity index (χ3n) is 3.90. The number of aliphatic hydroxyl groups is 1. The summed E-state index contributed by atoms with van der Waals surface area (Å²) in [4.78, 5) is 26.0. The number of methoxy groups -OCH3 is 1. The molecule has 1 fully saturated rings. The normalized spacial score (nSPS) is 20.8. The third kappa shape index (κ3) is 3.77. The van der Waals surface area contributed by atoms with Gasteiger partial charge in [0.25, 0.3) is 5.91 Å². The summed E-state index contributed by atoms with van der Waals surface area (Å²) in [5.41, 5.74) is 0.150. The minimum Gasteiger partial charge on any atom is -0.494 e. The highest BCUT2D eigenvalue weighted by Gasteiger charge is 2.37. The number of aliphatic hydroxyl groups excluding tert-OH is 1. The van der Waals surface area contributed by atoms with Crippen molar-refractivity contribution in [1.82, 2.24) is 9.80 Å². The first-order valence-corrected chi connectivity index (χ1v) is 7.06. The fourth-order valence-electron chi connectivity index (χ4n) is 2.68. The summed E-state index contributed by atoms with van der Waals surface area (Å²) in [6.07, 6.45) is -0.855. The average Bonchev–Trinajstić information content (AvgIpc) is 2.87. The van der Waals surface area contributed by atoms with Crippen molar-refractivity contribution >= 4 is 11.9 Å². The van der Waals surface area contributed by atoms with Gasteiger partial charge in [0.05, 0.1) is 25.8 Å². The summed E-state index contributed by atoms with van der Waals surface area (Å²) < 4.78 is 18.5. The molecule has 1 saturated heterocycles. The van der Waals surface area contributed by atoms with Gasteiger partial charge in [-0.25, -0.2) is 4.39 Å². The van der Waals surface area contributed by atoms with Crippen molar-refractivity contribution < 1.29 is 28.9 Å². The van der Waals surface area contributed by atoms with E-state index in [-0.39, 0.29) is 30.9 Å². The Hall–Kier alpha value is -2.19. The first kappa shape index (κ1) is 17.2. The number of likely N-dealkylation sites (N-methyl/N-ethyl adjacent to an activating group) is 1. The number of rotatable bonds is 5. The van der Waals surface area contributed by atoms with Crippen molar-refractivity contribution in [1.29, 1.82) is 0 Å². The number of ether oxygens (including phenoxy) is 1. The van der Waals surface area contributed by atoms with Crippen LogP contribution >= 0.6 is 0 Å². The topological polar surface area (TPSA) is 90.3 Å². The lowest BCUT2D eigenvalue weighted by atomic mass is 10.2. The number of carboxylic acid groups (broad SMARTS) is 1. The number of hydrogen-bond acceptors (Lipinski definition) is 5. The first-order valence-electron chi connectivity index (χ1n) is 7.06. The van der Waals surface area contributed by atoms with E-state index in [4.69, 9.17) is 9.84 Å². The van der Waals surface area contributed by atoms with Crippen molar-refractivity contribution in [3.05, 3.63) is 29.6 Å². The van der Waals surface area contributed by atoms with E-state index >= 15 is 0 Å². The smallest absolute Gasteiger partial charge is 0.317 e. The Morgan fingerprint density at radius 2 is 2.13 bits per heavy atom. The highest BCUT2D eigenvalue weighted by atomic mass is 19.1. The zero-order valence-corrected chi connectivity index (χ0v) is 12.9. The lowest BCUT2D eigenvalue weighted by Crippen LogP contribution is -2.43. The van der Waals surface area contributed by atoms with E-state index < -0.39 is 29.8 Å². The van der Waals surface area contributed by atoms with Crippen LogP contribution in [0.1, 0.15) is 10.4 Å². The lowest BCUT2D eigenvalue weighted by molar-refractivity contribution is -0.138. The number of aliphatic carboxylic acids is 1. The summed E-state index contributed by atoms with van der Waals surface area (Å²) in [5, 5.41) is 18.9. The molecule has 1 aliphatic heterocycles. The zero-order valence-electron chi connectivity index (χ0n) is 12.9. The van der Waals surface area contributed by atoms with Crippen LogP contribution in [0.4, 0.5) is 4.39 Å². The zero-order chi connectivity index (χ0) is 17.1. The molecule has 1 aromatic carbocycles. The molecule has 8 heteroatoms. The number of benzene rings is 1. The largest absolute Gasteiger partial charge is 0.494 e. The van der Waals surface area contributed by atoms with Crippen LogP contribution < -0.4 is 4.74 Å². The Morgan fingerprint density at radius 3 is 2.70 bits per heavy atom. The molecule has 2 N–H and O–H groups in total. The molecule has 0 radical (unpaired) electrons. The van der Waals surface area contributed by atoms with Crippen LogP contribution in [0.2, 0.25) is 0 Å². The van der Waals surface area contributed by atoms with E-state index in [9.17, 15) is 19.1 Å². The summed E-state index contributed by atoms with van der Waals surface area (Å²) in [6, 6.07) is 3.42. The molecule has 126 valence electrons. The minimum atomic E-state index is -1.01. The third-order valence-corrected chi connectivity index (χ3v) is 3.90. The number of amides is 1. The Morgan fingerprint density at radius 1 is 1.43 bits per heavy atom. The summed E-state index contributed by atoms with van der Waals surface area (Å²) >= 11 is 0. The number of β-amino-alcohol motifs (C(OH)–C–C–N with tert-alkyl or cyclic N) is 1. The number of carboxylic acids is 1. The van der Waals surface area contributed by atoms with Gasteiger partial charge in [-0.2, -0.15) is 0 Å². The second kappa shape index (κ2) is 6.93. The van der Waals surface area contributed by atoms with Gasteiger partial charge in [0.15, 0.2) is 11.6 Å². The molecule has 1 aliphatic rings. The number of carbonyl (C=O) groups is 2. The predicted octanol–water partition coefficient (Wildman–Crippen LogP) is 0.0360. The van der Waals surface area contributed by atoms with Gasteiger partial charge < -0.3 is 19.8 Å². The molecular formula is C15H19FN2O5. The standard InChI is InChI=1S/C15H19FN2O5/c1-17(8-14(20)21)11-6-18(7-12(11)19)15(22)9-3-4-13(23-2)10(16)5-9/h3-5,11-12,19H,6-8H2,1-2H3,(H,20,21)/t11?,12-/m1/s1. The number of likely N-dealkylation sites (tertiary alicyclic amines) is 1. The van der Waals surface area contributed by atoms with Crippen molar-refractivity contribution in [3.8, 4) is 5.75 Å². The van der Waals surface area contributed by atoms with Crippen LogP contribution in [0.5, 0.6) is 5.75 Å². The van der Waals surface area contributed by atoms with E-state index in [0.717, 1.165) is 6.07 Å². The van der Waals surface area contributed by atoms with Crippen LogP contribution in [0.25, 0.3) is 0 Å². The van der Waals surface area contributed by atoms with Gasteiger partial charge in [-0.15, -0.1) is 0 Å². The van der Waals surface area contributed by atoms with Crippen LogP contribution in [-0.4, -0.2) is 77.8 Å². The van der Waals surface area contributed by atoms with Gasteiger partial charge in [-0.3, -0.25) is 14.5 Å². The van der Waals surface area contributed by atoms with Gasteiger partial charge in [0, 0.05) is 18.7 Å². The molecule has 0 aliphatic carbocycles. The monoisotopic (exact) mass is 326 g/mol. The summed E-state index contributed by atoms with van der Waals surface area (Å²) in [6.45, 7) is 0.0133. The van der Waals surface area contributed by atoms with Gasteiger partial charge in [-0.05, 0) is 25.2 Å². The Bertz CT molecular complexity index is 610. The van der Waals surface area contributed by atoms with E-state index in [1.54, 1.807) is 7.05 Å². The van der Waals surface area contributed by atoms with Crippen LogP contribution in [0, 0.1) is 5.82 Å². The van der Waals surface area contributed by atoms with Gasteiger partial charge in [0.1, 0.15) is 0 Å². The molecule has 0 aromatic heterocycles. The second-order valence-electron chi connectivity index (χ2n) is 5.50. The molecule has 2 atom stereocenters. The van der Waals surface area contributed by atoms with Crippen molar-refractivity contribution in [2.45, 2.75) is 12.1 Å². The Kier molecular flexibility index (Phi) is 5.17. The molecule has 7 nitrogen and oxygen atoms in total. The van der Waals surface area contributed by atoms with E-state index in [1.165, 1.54) is 29.0 Å².